The molecular weight excluding hydrogens is 388 g/mol. The number of benzene rings is 2. The summed E-state index contributed by atoms with van der Waals surface area (Å²) >= 11 is 0. The average Bonchev–Trinajstić information content (AvgIpc) is 2.77. The molecule has 0 fully saturated rings. The van der Waals surface area contributed by atoms with E-state index in [9.17, 15) is 4.79 Å². The number of hydrogen-bond acceptors (Lipinski definition) is 4. The molecule has 162 valence electrons. The van der Waals surface area contributed by atoms with Gasteiger partial charge in [0.05, 0.1) is 23.1 Å². The monoisotopic (exact) mass is 418 g/mol. The van der Waals surface area contributed by atoms with E-state index in [1.54, 1.807) is 6.07 Å². The summed E-state index contributed by atoms with van der Waals surface area (Å²) in [7, 11) is 0. The van der Waals surface area contributed by atoms with Crippen molar-refractivity contribution in [2.24, 2.45) is 0 Å². The van der Waals surface area contributed by atoms with E-state index < -0.39 is 0 Å². The number of nitrogens with zero attached hydrogens (tertiary/aromatic N) is 1. The highest BCUT2D eigenvalue weighted by Gasteiger charge is 2.14. The van der Waals surface area contributed by atoms with E-state index >= 15 is 0 Å². The lowest BCUT2D eigenvalue weighted by Gasteiger charge is -2.14. The van der Waals surface area contributed by atoms with Gasteiger partial charge in [-0.1, -0.05) is 32.0 Å². The fraction of sp³-hybridized carbons (Fsp3) is 0.308. The van der Waals surface area contributed by atoms with Gasteiger partial charge in [-0.15, -0.1) is 0 Å². The van der Waals surface area contributed by atoms with Gasteiger partial charge in [-0.25, -0.2) is 0 Å². The first kappa shape index (κ1) is 22.5. The zero-order valence-corrected chi connectivity index (χ0v) is 18.6. The second kappa shape index (κ2) is 10.7. The van der Waals surface area contributed by atoms with Crippen LogP contribution in [0.3, 0.4) is 0 Å². The van der Waals surface area contributed by atoms with Crippen molar-refractivity contribution in [2.75, 3.05) is 11.9 Å². The molecule has 3 aromatic rings. The van der Waals surface area contributed by atoms with Crippen molar-refractivity contribution in [3.63, 3.8) is 0 Å². The van der Waals surface area contributed by atoms with Gasteiger partial charge in [0.25, 0.3) is 5.91 Å². The Bertz CT molecular complexity index is 1030. The van der Waals surface area contributed by atoms with E-state index in [0.717, 1.165) is 24.3 Å². The Morgan fingerprint density at radius 1 is 1.03 bits per heavy atom. The van der Waals surface area contributed by atoms with Gasteiger partial charge in [-0.3, -0.25) is 9.78 Å². The van der Waals surface area contributed by atoms with Crippen LogP contribution in [0.15, 0.2) is 60.7 Å². The first-order valence-electron chi connectivity index (χ1n) is 10.8. The molecule has 1 amide bonds. The van der Waals surface area contributed by atoms with Gasteiger partial charge in [0.1, 0.15) is 11.5 Å². The third-order valence-corrected chi connectivity index (χ3v) is 4.97. The number of anilines is 1. The number of rotatable bonds is 9. The number of hydrogen-bond donors (Lipinski definition) is 1. The largest absolute Gasteiger partial charge is 0.457 e. The third-order valence-electron chi connectivity index (χ3n) is 4.97. The lowest BCUT2D eigenvalue weighted by molar-refractivity contribution is 0.0632. The predicted molar refractivity (Wildman–Crippen MR) is 124 cm³/mol. The second-order valence-corrected chi connectivity index (χ2v) is 7.47. The Morgan fingerprint density at radius 3 is 2.48 bits per heavy atom. The smallest absolute Gasteiger partial charge is 0.257 e. The highest BCUT2D eigenvalue weighted by Crippen LogP contribution is 2.25. The minimum Gasteiger partial charge on any atom is -0.457 e. The number of carbonyl (C=O) groups excluding carboxylic acids is 1. The van der Waals surface area contributed by atoms with Gasteiger partial charge in [0.2, 0.25) is 0 Å². The molecule has 1 N–H and O–H groups in total. The zero-order chi connectivity index (χ0) is 22.2. The molecule has 1 heterocycles. The summed E-state index contributed by atoms with van der Waals surface area (Å²) in [5, 5.41) is 2.94. The summed E-state index contributed by atoms with van der Waals surface area (Å²) in [6.45, 7) is 8.67. The molecule has 0 saturated heterocycles. The summed E-state index contributed by atoms with van der Waals surface area (Å²) in [6.07, 6.45) is 1.80. The Labute approximate surface area is 184 Å². The maximum atomic E-state index is 12.8. The van der Waals surface area contributed by atoms with Crippen molar-refractivity contribution in [2.45, 2.75) is 46.6 Å². The van der Waals surface area contributed by atoms with Crippen molar-refractivity contribution < 1.29 is 14.3 Å². The van der Waals surface area contributed by atoms with Crippen LogP contribution in [-0.4, -0.2) is 17.5 Å². The van der Waals surface area contributed by atoms with Crippen LogP contribution in [-0.2, 0) is 11.2 Å². The fourth-order valence-electron chi connectivity index (χ4n) is 3.23. The van der Waals surface area contributed by atoms with Gasteiger partial charge < -0.3 is 14.8 Å². The summed E-state index contributed by atoms with van der Waals surface area (Å²) in [6, 6.07) is 19.0. The topological polar surface area (TPSA) is 60.5 Å². The van der Waals surface area contributed by atoms with Crippen LogP contribution in [0.25, 0.3) is 0 Å². The van der Waals surface area contributed by atoms with Crippen LogP contribution in [0.5, 0.6) is 11.5 Å². The van der Waals surface area contributed by atoms with Crippen molar-refractivity contribution in [3.05, 3.63) is 83.2 Å². The molecule has 3 rings (SSSR count). The second-order valence-electron chi connectivity index (χ2n) is 7.47. The third kappa shape index (κ3) is 6.15. The minimum atomic E-state index is -0.205. The van der Waals surface area contributed by atoms with E-state index in [4.69, 9.17) is 9.47 Å². The molecule has 1 unspecified atom stereocenters. The van der Waals surface area contributed by atoms with Gasteiger partial charge >= 0.3 is 0 Å². The Balaban J connectivity index is 1.69. The summed E-state index contributed by atoms with van der Waals surface area (Å²) < 4.78 is 11.7. The molecule has 0 bridgehead atoms. The average molecular weight is 419 g/mol. The summed E-state index contributed by atoms with van der Waals surface area (Å²) in [5.41, 5.74) is 3.91. The van der Waals surface area contributed by atoms with Crippen molar-refractivity contribution in [3.8, 4) is 11.5 Å². The molecule has 0 aliphatic rings. The summed E-state index contributed by atoms with van der Waals surface area (Å²) in [4.78, 5) is 17.4. The van der Waals surface area contributed by atoms with Crippen LogP contribution < -0.4 is 10.1 Å². The van der Waals surface area contributed by atoms with Gasteiger partial charge in [-0.2, -0.15) is 0 Å². The quantitative estimate of drug-likeness (QED) is 0.432. The number of pyridine rings is 1. The predicted octanol–water partition coefficient (Wildman–Crippen LogP) is 6.48. The number of carbonyl (C=O) groups is 1. The van der Waals surface area contributed by atoms with Gasteiger partial charge in [0.15, 0.2) is 0 Å². The number of amides is 1. The maximum absolute atomic E-state index is 12.8. The van der Waals surface area contributed by atoms with Crippen LogP contribution >= 0.6 is 0 Å². The van der Waals surface area contributed by atoms with E-state index in [-0.39, 0.29) is 12.0 Å². The maximum Gasteiger partial charge on any atom is 0.257 e. The molecule has 31 heavy (non-hydrogen) atoms. The SMILES string of the molecule is CCCOC(C)c1ccc(C(=O)Nc2cccc(Oc3cccc(CC)c3)c2)c(C)n1. The van der Waals surface area contributed by atoms with Crippen molar-refractivity contribution in [1.29, 1.82) is 0 Å². The normalized spacial score (nSPS) is 11.7. The molecule has 1 atom stereocenters. The lowest BCUT2D eigenvalue weighted by atomic mass is 10.1. The van der Waals surface area contributed by atoms with Crippen molar-refractivity contribution in [1.82, 2.24) is 4.98 Å². The molecule has 1 aromatic heterocycles. The number of aromatic nitrogens is 1. The Morgan fingerprint density at radius 2 is 1.77 bits per heavy atom. The van der Waals surface area contributed by atoms with Gasteiger partial charge in [-0.05, 0) is 68.7 Å². The molecular formula is C26H30N2O3. The van der Waals surface area contributed by atoms with Crippen LogP contribution in [0, 0.1) is 6.92 Å². The van der Waals surface area contributed by atoms with Crippen LogP contribution in [0.4, 0.5) is 5.69 Å². The minimum absolute atomic E-state index is 0.101. The van der Waals surface area contributed by atoms with Gasteiger partial charge in [0, 0.05) is 18.4 Å². The molecule has 0 saturated carbocycles. The van der Waals surface area contributed by atoms with E-state index in [1.165, 1.54) is 5.56 Å². The van der Waals surface area contributed by atoms with E-state index in [2.05, 4.69) is 30.2 Å². The van der Waals surface area contributed by atoms with Crippen LogP contribution in [0.2, 0.25) is 0 Å². The molecule has 5 nitrogen and oxygen atoms in total. The zero-order valence-electron chi connectivity index (χ0n) is 18.6. The fourth-order valence-corrected chi connectivity index (χ4v) is 3.23. The van der Waals surface area contributed by atoms with Crippen molar-refractivity contribution >= 4 is 11.6 Å². The standard InChI is InChI=1S/C26H30N2O3/c1-5-15-30-19(4)25-14-13-24(18(3)27-25)26(29)28-21-10-8-12-23(17-21)31-22-11-7-9-20(6-2)16-22/h7-14,16-17,19H,5-6,15H2,1-4H3,(H,28,29). The molecule has 5 heteroatoms. The van der Waals surface area contributed by atoms with Crippen LogP contribution in [0.1, 0.15) is 60.6 Å². The highest BCUT2D eigenvalue weighted by molar-refractivity contribution is 6.05. The number of aryl methyl sites for hydroxylation is 2. The molecule has 0 radical (unpaired) electrons. The molecule has 0 aliphatic carbocycles. The summed E-state index contributed by atoms with van der Waals surface area (Å²) in [5.74, 6) is 1.24. The first-order chi connectivity index (χ1) is 15.0. The molecule has 2 aromatic carbocycles. The highest BCUT2D eigenvalue weighted by atomic mass is 16.5. The Kier molecular flexibility index (Phi) is 7.79. The first-order valence-corrected chi connectivity index (χ1v) is 10.8. The molecule has 0 aliphatic heterocycles. The number of ether oxygens (including phenoxy) is 2. The molecule has 0 spiro atoms. The van der Waals surface area contributed by atoms with E-state index in [1.807, 2.05) is 62.4 Å². The lowest BCUT2D eigenvalue weighted by Crippen LogP contribution is -2.15. The number of nitrogens with one attached hydrogen (secondary N) is 1. The van der Waals surface area contributed by atoms with E-state index in [0.29, 0.717) is 29.3 Å². The Hall–Kier alpha value is -3.18.